The van der Waals surface area contributed by atoms with Crippen molar-refractivity contribution >= 4 is 12.0 Å². The van der Waals surface area contributed by atoms with Gasteiger partial charge in [0.2, 0.25) is 5.91 Å². The molecule has 80 valence electrons. The number of carbonyl (C=O) groups is 1. The number of primary amides is 1. The van der Waals surface area contributed by atoms with E-state index in [-0.39, 0.29) is 6.10 Å². The summed E-state index contributed by atoms with van der Waals surface area (Å²) in [6, 6.07) is 5.14. The highest BCUT2D eigenvalue weighted by molar-refractivity contribution is 5.96. The highest BCUT2D eigenvalue weighted by Gasteiger charge is 2.07. The fraction of sp³-hybridized carbons (Fsp3) is 0.250. The Morgan fingerprint density at radius 2 is 2.20 bits per heavy atom. The second-order valence-electron chi connectivity index (χ2n) is 3.48. The number of hydrogen-bond acceptors (Lipinski definition) is 2. The van der Waals surface area contributed by atoms with Crippen molar-refractivity contribution < 1.29 is 9.53 Å². The molecule has 0 aromatic heterocycles. The van der Waals surface area contributed by atoms with E-state index >= 15 is 0 Å². The SMILES string of the molecule is C=Cc1cc(OC(C)C)ccc1C(N)=O. The third-order valence-electron chi connectivity index (χ3n) is 1.88. The summed E-state index contributed by atoms with van der Waals surface area (Å²) in [4.78, 5) is 11.0. The standard InChI is InChI=1S/C12H15NO2/c1-4-9-7-10(15-8(2)3)5-6-11(9)12(13)14/h4-8H,1H2,2-3H3,(H2,13,14). The van der Waals surface area contributed by atoms with E-state index in [9.17, 15) is 4.79 Å². The lowest BCUT2D eigenvalue weighted by Gasteiger charge is -2.11. The molecule has 3 heteroatoms. The Hall–Kier alpha value is -1.77. The largest absolute Gasteiger partial charge is 0.491 e. The van der Waals surface area contributed by atoms with Crippen LogP contribution in [0.5, 0.6) is 5.75 Å². The maximum atomic E-state index is 11.0. The predicted molar refractivity (Wildman–Crippen MR) is 60.8 cm³/mol. The van der Waals surface area contributed by atoms with E-state index in [1.807, 2.05) is 13.8 Å². The summed E-state index contributed by atoms with van der Waals surface area (Å²) >= 11 is 0. The van der Waals surface area contributed by atoms with E-state index in [1.165, 1.54) is 0 Å². The summed E-state index contributed by atoms with van der Waals surface area (Å²) in [7, 11) is 0. The summed E-state index contributed by atoms with van der Waals surface area (Å²) in [5.74, 6) is 0.255. The first-order valence-corrected chi connectivity index (χ1v) is 4.77. The van der Waals surface area contributed by atoms with E-state index in [0.29, 0.717) is 16.9 Å². The third-order valence-corrected chi connectivity index (χ3v) is 1.88. The summed E-state index contributed by atoms with van der Waals surface area (Å²) < 4.78 is 5.49. The molecule has 0 aliphatic rings. The molecule has 0 atom stereocenters. The number of rotatable bonds is 4. The van der Waals surface area contributed by atoms with Crippen molar-refractivity contribution in [1.29, 1.82) is 0 Å². The Labute approximate surface area is 89.5 Å². The molecule has 0 spiro atoms. The van der Waals surface area contributed by atoms with Gasteiger partial charge in [-0.3, -0.25) is 4.79 Å². The zero-order valence-electron chi connectivity index (χ0n) is 8.99. The average Bonchev–Trinajstić information content (AvgIpc) is 2.16. The first kappa shape index (κ1) is 11.3. The molecule has 0 aliphatic heterocycles. The van der Waals surface area contributed by atoms with Gasteiger partial charge in [-0.2, -0.15) is 0 Å². The Bertz CT molecular complexity index is 383. The van der Waals surface area contributed by atoms with E-state index < -0.39 is 5.91 Å². The van der Waals surface area contributed by atoms with Crippen LogP contribution in [-0.2, 0) is 0 Å². The van der Waals surface area contributed by atoms with Gasteiger partial charge in [-0.15, -0.1) is 0 Å². The van der Waals surface area contributed by atoms with Crippen LogP contribution in [0.4, 0.5) is 0 Å². The van der Waals surface area contributed by atoms with Crippen molar-refractivity contribution in [3.8, 4) is 5.75 Å². The van der Waals surface area contributed by atoms with Crippen molar-refractivity contribution in [2.45, 2.75) is 20.0 Å². The van der Waals surface area contributed by atoms with Crippen molar-refractivity contribution in [2.24, 2.45) is 5.73 Å². The Morgan fingerprint density at radius 1 is 1.53 bits per heavy atom. The average molecular weight is 205 g/mol. The van der Waals surface area contributed by atoms with Gasteiger partial charge < -0.3 is 10.5 Å². The molecule has 1 rings (SSSR count). The summed E-state index contributed by atoms with van der Waals surface area (Å²) in [5, 5.41) is 0. The van der Waals surface area contributed by atoms with Crippen molar-refractivity contribution in [1.82, 2.24) is 0 Å². The highest BCUT2D eigenvalue weighted by atomic mass is 16.5. The Morgan fingerprint density at radius 3 is 2.67 bits per heavy atom. The lowest BCUT2D eigenvalue weighted by Crippen LogP contribution is -2.13. The van der Waals surface area contributed by atoms with Gasteiger partial charge in [-0.25, -0.2) is 0 Å². The number of benzene rings is 1. The molecule has 0 radical (unpaired) electrons. The highest BCUT2D eigenvalue weighted by Crippen LogP contribution is 2.19. The predicted octanol–water partition coefficient (Wildman–Crippen LogP) is 2.22. The molecule has 0 saturated heterocycles. The van der Waals surface area contributed by atoms with Gasteiger partial charge in [0, 0.05) is 5.56 Å². The molecule has 1 aromatic carbocycles. The minimum absolute atomic E-state index is 0.0992. The minimum atomic E-state index is -0.457. The molecule has 2 N–H and O–H groups in total. The van der Waals surface area contributed by atoms with Crippen LogP contribution in [0, 0.1) is 0 Å². The Kier molecular flexibility index (Phi) is 3.50. The van der Waals surface area contributed by atoms with E-state index in [0.717, 1.165) is 0 Å². The summed E-state index contributed by atoms with van der Waals surface area (Å²) in [5.41, 5.74) is 6.37. The molecule has 0 unspecified atom stereocenters. The number of hydrogen-bond donors (Lipinski definition) is 1. The molecule has 1 amide bonds. The summed E-state index contributed by atoms with van der Waals surface area (Å²) in [6.45, 7) is 7.51. The quantitative estimate of drug-likeness (QED) is 0.819. The van der Waals surface area contributed by atoms with Crippen LogP contribution in [-0.4, -0.2) is 12.0 Å². The van der Waals surface area contributed by atoms with Gasteiger partial charge >= 0.3 is 0 Å². The molecular formula is C12H15NO2. The number of ether oxygens (including phenoxy) is 1. The summed E-state index contributed by atoms with van der Waals surface area (Å²) in [6.07, 6.45) is 1.69. The molecule has 0 aliphatic carbocycles. The van der Waals surface area contributed by atoms with Gasteiger partial charge in [0.25, 0.3) is 0 Å². The Balaban J connectivity index is 3.07. The van der Waals surface area contributed by atoms with Gasteiger partial charge in [0.15, 0.2) is 0 Å². The molecule has 0 saturated carbocycles. The van der Waals surface area contributed by atoms with Crippen LogP contribution in [0.25, 0.3) is 6.08 Å². The smallest absolute Gasteiger partial charge is 0.249 e. The molecule has 0 bridgehead atoms. The van der Waals surface area contributed by atoms with E-state index in [1.54, 1.807) is 24.3 Å². The number of nitrogens with two attached hydrogens (primary N) is 1. The fourth-order valence-electron chi connectivity index (χ4n) is 1.28. The maximum Gasteiger partial charge on any atom is 0.249 e. The molecule has 1 aromatic rings. The van der Waals surface area contributed by atoms with Crippen LogP contribution in [0.3, 0.4) is 0 Å². The van der Waals surface area contributed by atoms with Crippen molar-refractivity contribution in [3.63, 3.8) is 0 Å². The van der Waals surface area contributed by atoms with Crippen LogP contribution in [0.15, 0.2) is 24.8 Å². The first-order chi connectivity index (χ1) is 7.04. The lowest BCUT2D eigenvalue weighted by atomic mass is 10.1. The van der Waals surface area contributed by atoms with Gasteiger partial charge in [0.1, 0.15) is 5.75 Å². The molecular weight excluding hydrogens is 190 g/mol. The van der Waals surface area contributed by atoms with Crippen LogP contribution in [0.2, 0.25) is 0 Å². The topological polar surface area (TPSA) is 52.3 Å². The fourth-order valence-corrected chi connectivity index (χ4v) is 1.28. The zero-order valence-corrected chi connectivity index (χ0v) is 8.99. The zero-order chi connectivity index (χ0) is 11.4. The molecule has 15 heavy (non-hydrogen) atoms. The van der Waals surface area contributed by atoms with E-state index in [4.69, 9.17) is 10.5 Å². The molecule has 0 heterocycles. The van der Waals surface area contributed by atoms with Crippen LogP contribution in [0.1, 0.15) is 29.8 Å². The maximum absolute atomic E-state index is 11.0. The number of amides is 1. The van der Waals surface area contributed by atoms with Gasteiger partial charge in [-0.1, -0.05) is 12.7 Å². The number of carbonyl (C=O) groups excluding carboxylic acids is 1. The monoisotopic (exact) mass is 205 g/mol. The molecule has 0 fully saturated rings. The van der Waals surface area contributed by atoms with Gasteiger partial charge in [-0.05, 0) is 37.6 Å². The third kappa shape index (κ3) is 2.84. The first-order valence-electron chi connectivity index (χ1n) is 4.77. The molecule has 3 nitrogen and oxygen atoms in total. The second-order valence-corrected chi connectivity index (χ2v) is 3.48. The van der Waals surface area contributed by atoms with Crippen LogP contribution >= 0.6 is 0 Å². The van der Waals surface area contributed by atoms with Crippen molar-refractivity contribution in [3.05, 3.63) is 35.9 Å². The minimum Gasteiger partial charge on any atom is -0.491 e. The van der Waals surface area contributed by atoms with Crippen molar-refractivity contribution in [2.75, 3.05) is 0 Å². The normalized spacial score (nSPS) is 10.1. The van der Waals surface area contributed by atoms with E-state index in [2.05, 4.69) is 6.58 Å². The second kappa shape index (κ2) is 4.64. The lowest BCUT2D eigenvalue weighted by molar-refractivity contribution is 0.1000. The van der Waals surface area contributed by atoms with Crippen LogP contribution < -0.4 is 10.5 Å². The van der Waals surface area contributed by atoms with Gasteiger partial charge in [0.05, 0.1) is 6.10 Å².